The molecule has 5 heteroatoms. The van der Waals surface area contributed by atoms with Crippen LogP contribution in [0.25, 0.3) is 5.57 Å². The summed E-state index contributed by atoms with van der Waals surface area (Å²) in [5, 5.41) is 2.99. The fourth-order valence-corrected chi connectivity index (χ4v) is 3.71. The number of nitrogens with zero attached hydrogens (tertiary/aromatic N) is 1. The van der Waals surface area contributed by atoms with Crippen molar-refractivity contribution in [2.75, 3.05) is 38.5 Å². The highest BCUT2D eigenvalue weighted by Gasteiger charge is 2.22. The second kappa shape index (κ2) is 9.52. The van der Waals surface area contributed by atoms with Crippen LogP contribution in [-0.2, 0) is 9.59 Å². The number of rotatable bonds is 6. The predicted molar refractivity (Wildman–Crippen MR) is 117 cm³/mol. The quantitative estimate of drug-likeness (QED) is 0.791. The minimum absolute atomic E-state index is 0.0717. The van der Waals surface area contributed by atoms with Gasteiger partial charge in [0, 0.05) is 18.8 Å². The molecule has 1 unspecified atom stereocenters. The number of benzene rings is 2. The van der Waals surface area contributed by atoms with Gasteiger partial charge < -0.3 is 15.1 Å². The standard InChI is InChI=1S/C24H29N3O2/c1-18-8-7-9-19(2)24(18)25-22(28)16-26(3)17-23(29)27-14-12-21(13-15-27)20-10-5-4-6-11-20/h4-12H,13-17H2,1-3H3,(H,25,28)/p+1. The van der Waals surface area contributed by atoms with E-state index in [1.807, 2.05) is 62.2 Å². The second-order valence-corrected chi connectivity index (χ2v) is 7.81. The SMILES string of the molecule is Cc1cccc(C)c1NC(=O)C[NH+](C)CC(=O)N1CC=C(c2ccccc2)CC1. The molecule has 0 fully saturated rings. The molecule has 1 aliphatic rings. The van der Waals surface area contributed by atoms with E-state index in [1.165, 1.54) is 11.1 Å². The summed E-state index contributed by atoms with van der Waals surface area (Å²) in [7, 11) is 1.89. The van der Waals surface area contributed by atoms with Crippen LogP contribution < -0.4 is 10.2 Å². The van der Waals surface area contributed by atoms with Crippen molar-refractivity contribution < 1.29 is 14.5 Å². The number of nitrogens with one attached hydrogen (secondary N) is 2. The molecule has 2 N–H and O–H groups in total. The van der Waals surface area contributed by atoms with Crippen molar-refractivity contribution in [3.8, 4) is 0 Å². The summed E-state index contributed by atoms with van der Waals surface area (Å²) in [6.45, 7) is 5.89. The third kappa shape index (κ3) is 5.55. The van der Waals surface area contributed by atoms with Crippen LogP contribution in [0.4, 0.5) is 5.69 Å². The molecule has 152 valence electrons. The monoisotopic (exact) mass is 392 g/mol. The average molecular weight is 393 g/mol. The Bertz CT molecular complexity index is 885. The van der Waals surface area contributed by atoms with Crippen LogP contribution >= 0.6 is 0 Å². The molecule has 1 atom stereocenters. The van der Waals surface area contributed by atoms with Crippen LogP contribution in [0.5, 0.6) is 0 Å². The van der Waals surface area contributed by atoms with Gasteiger partial charge in [0.1, 0.15) is 0 Å². The van der Waals surface area contributed by atoms with Gasteiger partial charge in [0.2, 0.25) is 0 Å². The van der Waals surface area contributed by atoms with Crippen LogP contribution in [0.15, 0.2) is 54.6 Å². The van der Waals surface area contributed by atoms with Crippen LogP contribution in [0.2, 0.25) is 0 Å². The van der Waals surface area contributed by atoms with E-state index < -0.39 is 0 Å². The first-order chi connectivity index (χ1) is 13.9. The van der Waals surface area contributed by atoms with Gasteiger partial charge in [-0.15, -0.1) is 0 Å². The van der Waals surface area contributed by atoms with Gasteiger partial charge in [-0.1, -0.05) is 54.6 Å². The zero-order chi connectivity index (χ0) is 20.8. The predicted octanol–water partition coefficient (Wildman–Crippen LogP) is 2.07. The maximum Gasteiger partial charge on any atom is 0.279 e. The molecule has 3 rings (SSSR count). The Morgan fingerprint density at radius 1 is 1.00 bits per heavy atom. The third-order valence-electron chi connectivity index (χ3n) is 5.37. The maximum atomic E-state index is 12.6. The molecule has 0 spiro atoms. The maximum absolute atomic E-state index is 12.6. The number of para-hydroxylation sites is 1. The van der Waals surface area contributed by atoms with Crippen LogP contribution in [-0.4, -0.2) is 49.9 Å². The number of aryl methyl sites for hydroxylation is 2. The molecule has 1 heterocycles. The summed E-state index contributed by atoms with van der Waals surface area (Å²) in [6.07, 6.45) is 3.00. The van der Waals surface area contributed by atoms with Crippen molar-refractivity contribution in [3.05, 3.63) is 71.3 Å². The fraction of sp³-hybridized carbons (Fsp3) is 0.333. The number of quaternary nitrogens is 1. The number of amides is 2. The van der Waals surface area contributed by atoms with E-state index in [0.717, 1.165) is 34.7 Å². The van der Waals surface area contributed by atoms with Gasteiger partial charge in [-0.05, 0) is 42.5 Å². The smallest absolute Gasteiger partial charge is 0.279 e. The summed E-state index contributed by atoms with van der Waals surface area (Å²) in [5.74, 6) is 0.0170. The molecule has 0 radical (unpaired) electrons. The number of carbonyl (C=O) groups excluding carboxylic acids is 2. The van der Waals surface area contributed by atoms with Gasteiger partial charge in [0.05, 0.1) is 7.05 Å². The summed E-state index contributed by atoms with van der Waals surface area (Å²) in [4.78, 5) is 27.8. The Kier molecular flexibility index (Phi) is 6.83. The van der Waals surface area contributed by atoms with Gasteiger partial charge in [-0.25, -0.2) is 0 Å². The molecule has 29 heavy (non-hydrogen) atoms. The number of likely N-dealkylation sites (N-methyl/N-ethyl adjacent to an activating group) is 1. The topological polar surface area (TPSA) is 53.9 Å². The first kappa shape index (κ1) is 20.8. The Morgan fingerprint density at radius 3 is 2.31 bits per heavy atom. The molecule has 0 aromatic heterocycles. The molecular weight excluding hydrogens is 362 g/mol. The van der Waals surface area contributed by atoms with E-state index >= 15 is 0 Å². The molecule has 0 bridgehead atoms. The van der Waals surface area contributed by atoms with Gasteiger partial charge >= 0.3 is 0 Å². The summed E-state index contributed by atoms with van der Waals surface area (Å²) >= 11 is 0. The first-order valence-corrected chi connectivity index (χ1v) is 10.1. The lowest BCUT2D eigenvalue weighted by atomic mass is 9.99. The van der Waals surface area contributed by atoms with Crippen LogP contribution in [0.1, 0.15) is 23.1 Å². The van der Waals surface area contributed by atoms with E-state index in [4.69, 9.17) is 0 Å². The molecule has 0 aliphatic carbocycles. The summed E-state index contributed by atoms with van der Waals surface area (Å²) < 4.78 is 0. The van der Waals surface area contributed by atoms with Crippen molar-refractivity contribution in [3.63, 3.8) is 0 Å². The largest absolute Gasteiger partial charge is 0.334 e. The lowest BCUT2D eigenvalue weighted by Crippen LogP contribution is -3.11. The van der Waals surface area contributed by atoms with Gasteiger partial charge in [-0.2, -0.15) is 0 Å². The number of anilines is 1. The van der Waals surface area contributed by atoms with Crippen LogP contribution in [0.3, 0.4) is 0 Å². The van der Waals surface area contributed by atoms with Gasteiger partial charge in [0.15, 0.2) is 13.1 Å². The Balaban J connectivity index is 1.49. The van der Waals surface area contributed by atoms with E-state index in [0.29, 0.717) is 13.1 Å². The summed E-state index contributed by atoms with van der Waals surface area (Å²) in [6, 6.07) is 16.2. The average Bonchev–Trinajstić information content (AvgIpc) is 2.71. The normalized spacial score (nSPS) is 14.9. The number of hydrogen-bond acceptors (Lipinski definition) is 2. The van der Waals surface area contributed by atoms with E-state index in [1.54, 1.807) is 0 Å². The minimum Gasteiger partial charge on any atom is -0.334 e. The Hall–Kier alpha value is -2.92. The zero-order valence-corrected chi connectivity index (χ0v) is 17.5. The molecule has 5 nitrogen and oxygen atoms in total. The van der Waals surface area contributed by atoms with Crippen molar-refractivity contribution in [1.29, 1.82) is 0 Å². The van der Waals surface area contributed by atoms with Crippen molar-refractivity contribution in [2.24, 2.45) is 0 Å². The van der Waals surface area contributed by atoms with E-state index in [9.17, 15) is 9.59 Å². The molecule has 2 aromatic rings. The van der Waals surface area contributed by atoms with Crippen molar-refractivity contribution in [1.82, 2.24) is 4.90 Å². The lowest BCUT2D eigenvalue weighted by Gasteiger charge is -2.27. The van der Waals surface area contributed by atoms with Crippen molar-refractivity contribution in [2.45, 2.75) is 20.3 Å². The minimum atomic E-state index is -0.0717. The molecule has 0 saturated carbocycles. The molecular formula is C24H30N3O2+. The first-order valence-electron chi connectivity index (χ1n) is 10.1. The molecule has 2 amide bonds. The van der Waals surface area contributed by atoms with Crippen LogP contribution in [0, 0.1) is 13.8 Å². The highest BCUT2D eigenvalue weighted by atomic mass is 16.2. The highest BCUT2D eigenvalue weighted by Crippen LogP contribution is 2.22. The second-order valence-electron chi connectivity index (χ2n) is 7.81. The third-order valence-corrected chi connectivity index (χ3v) is 5.37. The van der Waals surface area contributed by atoms with Crippen molar-refractivity contribution >= 4 is 23.1 Å². The Morgan fingerprint density at radius 2 is 1.69 bits per heavy atom. The zero-order valence-electron chi connectivity index (χ0n) is 17.5. The Labute approximate surface area is 173 Å². The van der Waals surface area contributed by atoms with E-state index in [2.05, 4.69) is 23.5 Å². The highest BCUT2D eigenvalue weighted by molar-refractivity contribution is 5.93. The molecule has 0 saturated heterocycles. The molecule has 1 aliphatic heterocycles. The number of hydrogen-bond donors (Lipinski definition) is 2. The fourth-order valence-electron chi connectivity index (χ4n) is 3.71. The van der Waals surface area contributed by atoms with Gasteiger partial charge in [0.25, 0.3) is 11.8 Å². The number of carbonyl (C=O) groups is 2. The van der Waals surface area contributed by atoms with Gasteiger partial charge in [-0.3, -0.25) is 9.59 Å². The summed E-state index contributed by atoms with van der Waals surface area (Å²) in [5.41, 5.74) is 5.47. The van der Waals surface area contributed by atoms with E-state index in [-0.39, 0.29) is 18.4 Å². The lowest BCUT2D eigenvalue weighted by molar-refractivity contribution is -0.862. The molecule has 2 aromatic carbocycles.